The van der Waals surface area contributed by atoms with E-state index in [1.54, 1.807) is 43.6 Å². The summed E-state index contributed by atoms with van der Waals surface area (Å²) >= 11 is 0.688. The maximum Gasteiger partial charge on any atom is 0.433 e. The smallest absolute Gasteiger partial charge is 0.365 e. The van der Waals surface area contributed by atoms with Crippen LogP contribution in [-0.4, -0.2) is 26.6 Å². The minimum atomic E-state index is -4.70. The van der Waals surface area contributed by atoms with Crippen molar-refractivity contribution < 1.29 is 22.8 Å². The molecule has 2 amide bonds. The second-order valence-electron chi connectivity index (χ2n) is 6.60. The minimum Gasteiger partial charge on any atom is -0.365 e. The number of aryl methyl sites for hydroxylation is 1. The summed E-state index contributed by atoms with van der Waals surface area (Å²) in [4.78, 5) is 28.3. The van der Waals surface area contributed by atoms with E-state index in [2.05, 4.69) is 15.4 Å². The fourth-order valence-electron chi connectivity index (χ4n) is 3.10. The fourth-order valence-corrected chi connectivity index (χ4v) is 4.10. The molecule has 31 heavy (non-hydrogen) atoms. The van der Waals surface area contributed by atoms with Crippen LogP contribution in [0.5, 0.6) is 0 Å². The summed E-state index contributed by atoms with van der Waals surface area (Å²) < 4.78 is 41.9. The molecule has 1 aromatic carbocycles. The number of alkyl halides is 3. The number of benzene rings is 1. The van der Waals surface area contributed by atoms with E-state index in [1.807, 2.05) is 0 Å². The Hall–Kier alpha value is -3.73. The average Bonchev–Trinajstić information content (AvgIpc) is 3.31. The van der Waals surface area contributed by atoms with Crippen LogP contribution in [0.1, 0.15) is 25.9 Å². The van der Waals surface area contributed by atoms with Crippen LogP contribution in [0.15, 0.2) is 48.7 Å². The van der Waals surface area contributed by atoms with E-state index >= 15 is 0 Å². The molecule has 11 heteroatoms. The van der Waals surface area contributed by atoms with Gasteiger partial charge in [-0.3, -0.25) is 14.3 Å². The van der Waals surface area contributed by atoms with Gasteiger partial charge in [-0.2, -0.15) is 18.3 Å². The van der Waals surface area contributed by atoms with E-state index in [1.165, 1.54) is 10.7 Å². The highest BCUT2D eigenvalue weighted by Crippen LogP contribution is 2.43. The quantitative estimate of drug-likeness (QED) is 0.494. The number of primary amides is 1. The molecule has 158 valence electrons. The molecule has 0 spiro atoms. The van der Waals surface area contributed by atoms with Crippen LogP contribution in [-0.2, 0) is 13.2 Å². The number of pyridine rings is 1. The van der Waals surface area contributed by atoms with Gasteiger partial charge >= 0.3 is 6.18 Å². The molecule has 4 aromatic rings. The molecule has 0 atom stereocenters. The Balaban J connectivity index is 1.99. The Labute approximate surface area is 177 Å². The Morgan fingerprint density at radius 2 is 1.87 bits per heavy atom. The molecular formula is C20H14F3N5O2S. The van der Waals surface area contributed by atoms with Crippen molar-refractivity contribution in [1.82, 2.24) is 14.8 Å². The predicted octanol–water partition coefficient (Wildman–Crippen LogP) is 4.07. The molecule has 0 saturated carbocycles. The number of thiophene rings is 1. The molecule has 4 rings (SSSR count). The van der Waals surface area contributed by atoms with Crippen LogP contribution in [0, 0.1) is 0 Å². The van der Waals surface area contributed by atoms with Crippen LogP contribution in [0.3, 0.4) is 0 Å². The third kappa shape index (κ3) is 3.87. The topological polar surface area (TPSA) is 103 Å². The molecule has 0 bridgehead atoms. The molecule has 0 saturated heterocycles. The third-order valence-electron chi connectivity index (χ3n) is 4.45. The number of hydrogen-bond donors (Lipinski definition) is 2. The molecule has 3 heterocycles. The Morgan fingerprint density at radius 1 is 1.16 bits per heavy atom. The third-order valence-corrected chi connectivity index (χ3v) is 5.54. The molecule has 0 fully saturated rings. The van der Waals surface area contributed by atoms with Crippen LogP contribution in [0.4, 0.5) is 18.9 Å². The first kappa shape index (κ1) is 20.5. The van der Waals surface area contributed by atoms with Crippen molar-refractivity contribution in [3.05, 3.63) is 64.9 Å². The van der Waals surface area contributed by atoms with Gasteiger partial charge in [0.05, 0.1) is 5.69 Å². The highest BCUT2D eigenvalue weighted by Gasteiger charge is 2.35. The number of aromatic nitrogens is 3. The standard InChI is InChI=1S/C20H14F3N5O2S/c1-28-8-7-12(27-28)18(30)26-15-14-11(10-5-3-2-4-6-10)9-13(20(21,22)23)25-19(14)31-16(15)17(24)29/h2-9H,1H3,(H2,24,29)(H,26,30). The molecule has 3 aromatic heterocycles. The van der Waals surface area contributed by atoms with E-state index in [-0.39, 0.29) is 32.0 Å². The first-order valence-corrected chi connectivity index (χ1v) is 9.67. The van der Waals surface area contributed by atoms with Crippen molar-refractivity contribution in [3.8, 4) is 11.1 Å². The lowest BCUT2D eigenvalue weighted by molar-refractivity contribution is -0.140. The van der Waals surface area contributed by atoms with Gasteiger partial charge in [-0.15, -0.1) is 11.3 Å². The van der Waals surface area contributed by atoms with Gasteiger partial charge in [-0.05, 0) is 23.3 Å². The van der Waals surface area contributed by atoms with Gasteiger partial charge in [0.2, 0.25) is 0 Å². The van der Waals surface area contributed by atoms with Crippen LogP contribution in [0.2, 0.25) is 0 Å². The Morgan fingerprint density at radius 3 is 2.45 bits per heavy atom. The van der Waals surface area contributed by atoms with Crippen LogP contribution < -0.4 is 11.1 Å². The average molecular weight is 445 g/mol. The van der Waals surface area contributed by atoms with Crippen molar-refractivity contribution in [2.45, 2.75) is 6.18 Å². The molecule has 0 radical (unpaired) electrons. The Bertz CT molecular complexity index is 1310. The first-order valence-electron chi connectivity index (χ1n) is 8.86. The fraction of sp³-hybridized carbons (Fsp3) is 0.100. The summed E-state index contributed by atoms with van der Waals surface area (Å²) in [6.45, 7) is 0. The van der Waals surface area contributed by atoms with Crippen molar-refractivity contribution >= 4 is 39.1 Å². The molecule has 0 aliphatic heterocycles. The number of halogens is 3. The van der Waals surface area contributed by atoms with Gasteiger partial charge in [-0.1, -0.05) is 30.3 Å². The first-order chi connectivity index (χ1) is 14.6. The number of nitrogens with one attached hydrogen (secondary N) is 1. The molecule has 0 aliphatic carbocycles. The number of carbonyl (C=O) groups excluding carboxylic acids is 2. The number of hydrogen-bond acceptors (Lipinski definition) is 5. The molecule has 3 N–H and O–H groups in total. The zero-order valence-corrected chi connectivity index (χ0v) is 16.7. The molecule has 0 unspecified atom stereocenters. The Kier molecular flexibility index (Phi) is 4.97. The van der Waals surface area contributed by atoms with E-state index in [4.69, 9.17) is 5.73 Å². The number of rotatable bonds is 4. The maximum absolute atomic E-state index is 13.5. The second-order valence-corrected chi connectivity index (χ2v) is 7.60. The van der Waals surface area contributed by atoms with Gasteiger partial charge in [0.15, 0.2) is 5.69 Å². The molecule has 7 nitrogen and oxygen atoms in total. The van der Waals surface area contributed by atoms with Crippen LogP contribution >= 0.6 is 11.3 Å². The van der Waals surface area contributed by atoms with Gasteiger partial charge in [0, 0.05) is 18.6 Å². The van der Waals surface area contributed by atoms with E-state index in [0.29, 0.717) is 16.9 Å². The minimum absolute atomic E-state index is 0.00299. The summed E-state index contributed by atoms with van der Waals surface area (Å²) in [5.41, 5.74) is 5.04. The summed E-state index contributed by atoms with van der Waals surface area (Å²) in [6.07, 6.45) is -3.14. The number of anilines is 1. The summed E-state index contributed by atoms with van der Waals surface area (Å²) in [6, 6.07) is 10.7. The monoisotopic (exact) mass is 445 g/mol. The lowest BCUT2D eigenvalue weighted by Gasteiger charge is -2.12. The number of carbonyl (C=O) groups is 2. The molecular weight excluding hydrogens is 431 g/mol. The van der Waals surface area contributed by atoms with Gasteiger partial charge in [-0.25, -0.2) is 4.98 Å². The van der Waals surface area contributed by atoms with E-state index in [9.17, 15) is 22.8 Å². The summed E-state index contributed by atoms with van der Waals surface area (Å²) in [5.74, 6) is -1.53. The lowest BCUT2D eigenvalue weighted by atomic mass is 10.0. The number of amides is 2. The van der Waals surface area contributed by atoms with Crippen LogP contribution in [0.25, 0.3) is 21.3 Å². The largest absolute Gasteiger partial charge is 0.433 e. The summed E-state index contributed by atoms with van der Waals surface area (Å²) in [7, 11) is 1.63. The lowest BCUT2D eigenvalue weighted by Crippen LogP contribution is -2.17. The number of nitrogens with two attached hydrogens (primary N) is 1. The molecule has 0 aliphatic rings. The maximum atomic E-state index is 13.5. The van der Waals surface area contributed by atoms with E-state index in [0.717, 1.165) is 6.07 Å². The van der Waals surface area contributed by atoms with Gasteiger partial charge < -0.3 is 11.1 Å². The normalized spacial score (nSPS) is 11.6. The SMILES string of the molecule is Cn1ccc(C(=O)Nc2c(C(N)=O)sc3nc(C(F)(F)F)cc(-c4ccccc4)c23)n1. The summed E-state index contributed by atoms with van der Waals surface area (Å²) in [5, 5.41) is 6.78. The van der Waals surface area contributed by atoms with Gasteiger partial charge in [0.1, 0.15) is 15.4 Å². The highest BCUT2D eigenvalue weighted by molar-refractivity contribution is 7.21. The predicted molar refractivity (Wildman–Crippen MR) is 110 cm³/mol. The zero-order chi connectivity index (χ0) is 22.3. The van der Waals surface area contributed by atoms with Crippen molar-refractivity contribution in [2.24, 2.45) is 12.8 Å². The number of nitrogens with zero attached hydrogens (tertiary/aromatic N) is 3. The van der Waals surface area contributed by atoms with E-state index < -0.39 is 23.7 Å². The van der Waals surface area contributed by atoms with Crippen molar-refractivity contribution in [2.75, 3.05) is 5.32 Å². The van der Waals surface area contributed by atoms with Crippen molar-refractivity contribution in [3.63, 3.8) is 0 Å². The second kappa shape index (κ2) is 7.51. The number of fused-ring (bicyclic) bond motifs is 1. The zero-order valence-electron chi connectivity index (χ0n) is 15.9. The van der Waals surface area contributed by atoms with Crippen molar-refractivity contribution in [1.29, 1.82) is 0 Å². The van der Waals surface area contributed by atoms with Gasteiger partial charge in [0.25, 0.3) is 11.8 Å². The highest BCUT2D eigenvalue weighted by atomic mass is 32.1.